The molecular formula is C16H19N5. The van der Waals surface area contributed by atoms with Crippen molar-refractivity contribution in [3.05, 3.63) is 42.4 Å². The summed E-state index contributed by atoms with van der Waals surface area (Å²) in [4.78, 5) is 4.21. The topological polar surface area (TPSA) is 68.8 Å². The van der Waals surface area contributed by atoms with Gasteiger partial charge in [-0.25, -0.2) is 4.68 Å². The van der Waals surface area contributed by atoms with Crippen LogP contribution in [0.5, 0.6) is 0 Å². The average molecular weight is 281 g/mol. The van der Waals surface area contributed by atoms with Crippen LogP contribution in [0.3, 0.4) is 0 Å². The Morgan fingerprint density at radius 2 is 2.14 bits per heavy atom. The Kier molecular flexibility index (Phi) is 3.48. The molecule has 0 aliphatic rings. The van der Waals surface area contributed by atoms with E-state index >= 15 is 0 Å². The molecule has 0 aliphatic carbocycles. The SMILES string of the molecule is CCCn1nc(C)c(N)c1Nc1cccc2ccncc12. The van der Waals surface area contributed by atoms with E-state index in [1.54, 1.807) is 6.20 Å². The van der Waals surface area contributed by atoms with Gasteiger partial charge in [-0.15, -0.1) is 0 Å². The summed E-state index contributed by atoms with van der Waals surface area (Å²) in [6, 6.07) is 8.12. The monoisotopic (exact) mass is 281 g/mol. The third-order valence-corrected chi connectivity index (χ3v) is 3.55. The molecule has 0 radical (unpaired) electrons. The second kappa shape index (κ2) is 5.44. The molecule has 2 aromatic heterocycles. The number of nitrogens with two attached hydrogens (primary N) is 1. The Labute approximate surface area is 123 Å². The molecule has 1 aromatic carbocycles. The fourth-order valence-electron chi connectivity index (χ4n) is 2.45. The van der Waals surface area contributed by atoms with Crippen LogP contribution in [0.15, 0.2) is 36.7 Å². The number of aromatic nitrogens is 3. The van der Waals surface area contributed by atoms with Crippen LogP contribution < -0.4 is 11.1 Å². The van der Waals surface area contributed by atoms with E-state index in [-0.39, 0.29) is 0 Å². The number of benzene rings is 1. The molecule has 3 aromatic rings. The summed E-state index contributed by atoms with van der Waals surface area (Å²) in [6.45, 7) is 4.89. The van der Waals surface area contributed by atoms with Crippen molar-refractivity contribution in [3.8, 4) is 0 Å². The number of rotatable bonds is 4. The van der Waals surface area contributed by atoms with Crippen molar-refractivity contribution in [3.63, 3.8) is 0 Å². The minimum absolute atomic E-state index is 0.698. The molecule has 0 spiro atoms. The van der Waals surface area contributed by atoms with Gasteiger partial charge in [0, 0.05) is 30.0 Å². The zero-order valence-electron chi connectivity index (χ0n) is 12.3. The van der Waals surface area contributed by atoms with E-state index in [0.29, 0.717) is 5.69 Å². The third-order valence-electron chi connectivity index (χ3n) is 3.55. The molecule has 2 heterocycles. The van der Waals surface area contributed by atoms with E-state index < -0.39 is 0 Å². The number of nitrogens with zero attached hydrogens (tertiary/aromatic N) is 3. The number of nitrogen functional groups attached to an aromatic ring is 1. The van der Waals surface area contributed by atoms with Gasteiger partial charge in [-0.05, 0) is 30.9 Å². The highest BCUT2D eigenvalue weighted by atomic mass is 15.3. The van der Waals surface area contributed by atoms with Gasteiger partial charge in [0.2, 0.25) is 0 Å². The minimum atomic E-state index is 0.698. The zero-order chi connectivity index (χ0) is 14.8. The first-order valence-corrected chi connectivity index (χ1v) is 7.13. The van der Waals surface area contributed by atoms with Crippen LogP contribution in [-0.4, -0.2) is 14.8 Å². The lowest BCUT2D eigenvalue weighted by Gasteiger charge is -2.12. The second-order valence-corrected chi connectivity index (χ2v) is 5.10. The molecule has 108 valence electrons. The normalized spacial score (nSPS) is 11.0. The van der Waals surface area contributed by atoms with E-state index in [2.05, 4.69) is 28.4 Å². The highest BCUT2D eigenvalue weighted by molar-refractivity contribution is 5.95. The Bertz CT molecular complexity index is 770. The van der Waals surface area contributed by atoms with Crippen LogP contribution in [-0.2, 0) is 6.54 Å². The first-order valence-electron chi connectivity index (χ1n) is 7.13. The maximum absolute atomic E-state index is 6.16. The number of nitrogens with one attached hydrogen (secondary N) is 1. The summed E-state index contributed by atoms with van der Waals surface area (Å²) in [7, 11) is 0. The largest absolute Gasteiger partial charge is 0.394 e. The molecule has 3 N–H and O–H groups in total. The Morgan fingerprint density at radius 1 is 1.29 bits per heavy atom. The molecule has 5 heteroatoms. The van der Waals surface area contributed by atoms with Crippen LogP contribution in [0.4, 0.5) is 17.2 Å². The van der Waals surface area contributed by atoms with Gasteiger partial charge in [-0.1, -0.05) is 19.1 Å². The van der Waals surface area contributed by atoms with Gasteiger partial charge in [-0.2, -0.15) is 5.10 Å². The minimum Gasteiger partial charge on any atom is -0.394 e. The summed E-state index contributed by atoms with van der Waals surface area (Å²) in [5.74, 6) is 0.853. The number of hydrogen-bond donors (Lipinski definition) is 2. The molecule has 21 heavy (non-hydrogen) atoms. The predicted octanol–water partition coefficient (Wildman–Crippen LogP) is 3.48. The molecule has 0 aliphatic heterocycles. The smallest absolute Gasteiger partial charge is 0.152 e. The van der Waals surface area contributed by atoms with Crippen molar-refractivity contribution in [1.82, 2.24) is 14.8 Å². The summed E-state index contributed by atoms with van der Waals surface area (Å²) in [5, 5.41) is 10.1. The van der Waals surface area contributed by atoms with Gasteiger partial charge in [0.15, 0.2) is 5.82 Å². The molecule has 0 saturated heterocycles. The van der Waals surface area contributed by atoms with Crippen molar-refractivity contribution in [1.29, 1.82) is 0 Å². The number of hydrogen-bond acceptors (Lipinski definition) is 4. The number of aryl methyl sites for hydroxylation is 2. The van der Waals surface area contributed by atoms with Gasteiger partial charge < -0.3 is 11.1 Å². The third kappa shape index (κ3) is 2.42. The molecule has 0 bridgehead atoms. The lowest BCUT2D eigenvalue weighted by molar-refractivity contribution is 0.605. The summed E-state index contributed by atoms with van der Waals surface area (Å²) in [6.07, 6.45) is 4.67. The van der Waals surface area contributed by atoms with E-state index in [0.717, 1.165) is 40.9 Å². The van der Waals surface area contributed by atoms with E-state index in [9.17, 15) is 0 Å². The fourth-order valence-corrected chi connectivity index (χ4v) is 2.45. The van der Waals surface area contributed by atoms with Crippen molar-refractivity contribution >= 4 is 28.0 Å². The van der Waals surface area contributed by atoms with Gasteiger partial charge in [0.25, 0.3) is 0 Å². The number of fused-ring (bicyclic) bond motifs is 1. The van der Waals surface area contributed by atoms with E-state index in [1.807, 2.05) is 36.0 Å². The summed E-state index contributed by atoms with van der Waals surface area (Å²) < 4.78 is 1.93. The van der Waals surface area contributed by atoms with Crippen molar-refractivity contribution in [2.24, 2.45) is 0 Å². The Morgan fingerprint density at radius 3 is 2.95 bits per heavy atom. The van der Waals surface area contributed by atoms with Gasteiger partial charge >= 0.3 is 0 Å². The molecule has 0 unspecified atom stereocenters. The number of anilines is 3. The van der Waals surface area contributed by atoms with Gasteiger partial charge in [0.1, 0.15) is 0 Å². The first-order chi connectivity index (χ1) is 10.2. The average Bonchev–Trinajstić information content (AvgIpc) is 2.76. The van der Waals surface area contributed by atoms with Crippen molar-refractivity contribution in [2.45, 2.75) is 26.8 Å². The lowest BCUT2D eigenvalue weighted by Crippen LogP contribution is -2.06. The first kappa shape index (κ1) is 13.4. The highest BCUT2D eigenvalue weighted by Gasteiger charge is 2.13. The Hall–Kier alpha value is -2.56. The van der Waals surface area contributed by atoms with E-state index in [4.69, 9.17) is 5.73 Å². The predicted molar refractivity (Wildman–Crippen MR) is 86.7 cm³/mol. The molecule has 3 rings (SSSR count). The molecule has 0 atom stereocenters. The van der Waals surface area contributed by atoms with Crippen LogP contribution in [0.25, 0.3) is 10.8 Å². The maximum Gasteiger partial charge on any atom is 0.152 e. The molecular weight excluding hydrogens is 262 g/mol. The summed E-state index contributed by atoms with van der Waals surface area (Å²) >= 11 is 0. The molecule has 0 fully saturated rings. The molecule has 5 nitrogen and oxygen atoms in total. The van der Waals surface area contributed by atoms with E-state index in [1.165, 1.54) is 0 Å². The van der Waals surface area contributed by atoms with Gasteiger partial charge in [-0.3, -0.25) is 4.98 Å². The van der Waals surface area contributed by atoms with Crippen molar-refractivity contribution < 1.29 is 0 Å². The van der Waals surface area contributed by atoms with Gasteiger partial charge in [0.05, 0.1) is 11.4 Å². The van der Waals surface area contributed by atoms with Crippen LogP contribution in [0, 0.1) is 6.92 Å². The maximum atomic E-state index is 6.16. The fraction of sp³-hybridized carbons (Fsp3) is 0.250. The van der Waals surface area contributed by atoms with Crippen LogP contribution in [0.1, 0.15) is 19.0 Å². The molecule has 0 saturated carbocycles. The van der Waals surface area contributed by atoms with Crippen molar-refractivity contribution in [2.75, 3.05) is 11.1 Å². The quantitative estimate of drug-likeness (QED) is 0.768. The second-order valence-electron chi connectivity index (χ2n) is 5.10. The summed E-state index contributed by atoms with van der Waals surface area (Å²) in [5.41, 5.74) is 8.70. The Balaban J connectivity index is 2.06. The lowest BCUT2D eigenvalue weighted by atomic mass is 10.1. The van der Waals surface area contributed by atoms with Crippen LogP contribution in [0.2, 0.25) is 0 Å². The number of pyridine rings is 1. The standard InChI is InChI=1S/C16H19N5/c1-3-9-21-16(15(17)11(2)20-21)19-14-6-4-5-12-7-8-18-10-13(12)14/h4-8,10,19H,3,9,17H2,1-2H3. The highest BCUT2D eigenvalue weighted by Crippen LogP contribution is 2.30. The van der Waals surface area contributed by atoms with Crippen LogP contribution >= 0.6 is 0 Å². The zero-order valence-corrected chi connectivity index (χ0v) is 12.3. The molecule has 0 amide bonds.